The van der Waals surface area contributed by atoms with E-state index in [1.54, 1.807) is 0 Å². The van der Waals surface area contributed by atoms with Gasteiger partial charge in [0.15, 0.2) is 0 Å². The van der Waals surface area contributed by atoms with E-state index in [-0.39, 0.29) is 12.1 Å². The van der Waals surface area contributed by atoms with Crippen LogP contribution in [0.15, 0.2) is 46.9 Å². The van der Waals surface area contributed by atoms with Crippen LogP contribution < -0.4 is 10.6 Å². The molecule has 2 N–H and O–H groups in total. The molecule has 2 heterocycles. The number of nitrogens with zero attached hydrogens (tertiary/aromatic N) is 2. The zero-order valence-electron chi connectivity index (χ0n) is 14.8. The molecule has 0 aliphatic carbocycles. The van der Waals surface area contributed by atoms with Gasteiger partial charge in [-0.05, 0) is 64.1 Å². The highest BCUT2D eigenvalue weighted by Gasteiger charge is 2.13. The van der Waals surface area contributed by atoms with Crippen molar-refractivity contribution in [3.63, 3.8) is 0 Å². The van der Waals surface area contributed by atoms with Gasteiger partial charge in [0.1, 0.15) is 11.5 Å². The Morgan fingerprint density at radius 1 is 1.16 bits per heavy atom. The van der Waals surface area contributed by atoms with Gasteiger partial charge in [0.2, 0.25) is 0 Å². The lowest BCUT2D eigenvalue weighted by Crippen LogP contribution is -2.31. The van der Waals surface area contributed by atoms with Gasteiger partial charge < -0.3 is 15.1 Å². The summed E-state index contributed by atoms with van der Waals surface area (Å²) in [5, 5.41) is 10.2. The Balaban J connectivity index is 1.69. The number of amides is 2. The maximum Gasteiger partial charge on any atom is 0.319 e. The van der Waals surface area contributed by atoms with Crippen LogP contribution in [-0.2, 0) is 0 Å². The Hall–Kier alpha value is -3.02. The summed E-state index contributed by atoms with van der Waals surface area (Å²) in [4.78, 5) is 12.2. The minimum absolute atomic E-state index is 0.215. The van der Waals surface area contributed by atoms with Gasteiger partial charge in [-0.2, -0.15) is 5.10 Å². The fraction of sp³-hybridized carbons (Fsp3) is 0.263. The number of aryl methyl sites for hydroxylation is 3. The lowest BCUT2D eigenvalue weighted by molar-refractivity contribution is 0.247. The summed E-state index contributed by atoms with van der Waals surface area (Å²) in [6.45, 7) is 7.71. The zero-order chi connectivity index (χ0) is 18.0. The van der Waals surface area contributed by atoms with Crippen molar-refractivity contribution in [3.05, 3.63) is 65.4 Å². The molecule has 0 saturated carbocycles. The van der Waals surface area contributed by atoms with Crippen LogP contribution in [0.25, 0.3) is 5.69 Å². The molecule has 3 rings (SSSR count). The van der Waals surface area contributed by atoms with Crippen molar-refractivity contribution < 1.29 is 9.21 Å². The molecule has 0 saturated heterocycles. The van der Waals surface area contributed by atoms with E-state index >= 15 is 0 Å². The molecule has 6 nitrogen and oxygen atoms in total. The molecule has 3 aromatic rings. The average Bonchev–Trinajstić information content (AvgIpc) is 3.13. The highest BCUT2D eigenvalue weighted by Crippen LogP contribution is 2.18. The van der Waals surface area contributed by atoms with Crippen molar-refractivity contribution in [2.45, 2.75) is 33.7 Å². The van der Waals surface area contributed by atoms with Crippen LogP contribution in [0.1, 0.15) is 35.9 Å². The van der Waals surface area contributed by atoms with E-state index in [1.807, 2.05) is 74.8 Å². The molecule has 0 aliphatic rings. The number of nitrogens with one attached hydrogen (secondary N) is 2. The van der Waals surface area contributed by atoms with Gasteiger partial charge in [-0.15, -0.1) is 0 Å². The fourth-order valence-corrected chi connectivity index (χ4v) is 2.73. The van der Waals surface area contributed by atoms with E-state index < -0.39 is 0 Å². The number of benzene rings is 1. The second-order valence-corrected chi connectivity index (χ2v) is 6.16. The van der Waals surface area contributed by atoms with Crippen LogP contribution in [-0.4, -0.2) is 15.8 Å². The second kappa shape index (κ2) is 6.84. The third-order valence-corrected chi connectivity index (χ3v) is 3.89. The van der Waals surface area contributed by atoms with Gasteiger partial charge in [-0.1, -0.05) is 6.07 Å². The molecule has 0 spiro atoms. The molecule has 1 unspecified atom stereocenters. The number of rotatable bonds is 4. The monoisotopic (exact) mass is 338 g/mol. The lowest BCUT2D eigenvalue weighted by atomic mass is 10.2. The van der Waals surface area contributed by atoms with E-state index in [1.165, 1.54) is 0 Å². The number of anilines is 1. The highest BCUT2D eigenvalue weighted by molar-refractivity contribution is 5.89. The summed E-state index contributed by atoms with van der Waals surface area (Å²) >= 11 is 0. The predicted molar refractivity (Wildman–Crippen MR) is 97.1 cm³/mol. The molecule has 1 aromatic carbocycles. The number of carbonyl (C=O) groups excluding carboxylic acids is 1. The molecular weight excluding hydrogens is 316 g/mol. The molecule has 0 fully saturated rings. The molecule has 6 heteroatoms. The molecule has 0 radical (unpaired) electrons. The normalized spacial score (nSPS) is 12.0. The Bertz CT molecular complexity index is 894. The summed E-state index contributed by atoms with van der Waals surface area (Å²) in [6.07, 6.45) is 0. The van der Waals surface area contributed by atoms with Crippen molar-refractivity contribution >= 4 is 11.7 Å². The quantitative estimate of drug-likeness (QED) is 0.746. The third kappa shape index (κ3) is 3.91. The number of urea groups is 1. The van der Waals surface area contributed by atoms with Gasteiger partial charge in [0, 0.05) is 11.4 Å². The highest BCUT2D eigenvalue weighted by atomic mass is 16.3. The summed E-state index contributed by atoms with van der Waals surface area (Å²) < 4.78 is 7.39. The molecule has 25 heavy (non-hydrogen) atoms. The van der Waals surface area contributed by atoms with E-state index in [2.05, 4.69) is 15.7 Å². The largest absolute Gasteiger partial charge is 0.464 e. The van der Waals surface area contributed by atoms with Gasteiger partial charge in [-0.3, -0.25) is 0 Å². The number of aromatic nitrogens is 2. The van der Waals surface area contributed by atoms with E-state index in [4.69, 9.17) is 4.42 Å². The average molecular weight is 338 g/mol. The minimum atomic E-state index is -0.285. The Morgan fingerprint density at radius 2 is 1.96 bits per heavy atom. The van der Waals surface area contributed by atoms with Crippen LogP contribution in [0.4, 0.5) is 10.5 Å². The first-order valence-corrected chi connectivity index (χ1v) is 8.20. The maximum absolute atomic E-state index is 12.2. The standard InChI is InChI=1S/C19H22N4O2/c1-12-10-13(2)23(22-12)17-7-5-6-16(11-17)21-19(24)20-15(4)18-9-8-14(3)25-18/h5-11,15H,1-4H3,(H2,20,21,24). The number of hydrogen-bond donors (Lipinski definition) is 2. The first-order valence-electron chi connectivity index (χ1n) is 8.20. The first-order chi connectivity index (χ1) is 11.9. The van der Waals surface area contributed by atoms with Crippen LogP contribution in [0.5, 0.6) is 0 Å². The van der Waals surface area contributed by atoms with Crippen molar-refractivity contribution in [3.8, 4) is 5.69 Å². The molecular formula is C19H22N4O2. The van der Waals surface area contributed by atoms with Crippen LogP contribution >= 0.6 is 0 Å². The van der Waals surface area contributed by atoms with Crippen molar-refractivity contribution in [2.24, 2.45) is 0 Å². The van der Waals surface area contributed by atoms with Crippen molar-refractivity contribution in [1.29, 1.82) is 0 Å². The van der Waals surface area contributed by atoms with E-state index in [0.717, 1.165) is 28.6 Å². The lowest BCUT2D eigenvalue weighted by Gasteiger charge is -2.13. The fourth-order valence-electron chi connectivity index (χ4n) is 2.73. The molecule has 0 aliphatic heterocycles. The topological polar surface area (TPSA) is 72.1 Å². The Labute approximate surface area is 146 Å². The summed E-state index contributed by atoms with van der Waals surface area (Å²) in [5.41, 5.74) is 3.60. The smallest absolute Gasteiger partial charge is 0.319 e. The van der Waals surface area contributed by atoms with Crippen molar-refractivity contribution in [2.75, 3.05) is 5.32 Å². The van der Waals surface area contributed by atoms with Crippen LogP contribution in [0.3, 0.4) is 0 Å². The van der Waals surface area contributed by atoms with Crippen LogP contribution in [0, 0.1) is 20.8 Å². The maximum atomic E-state index is 12.2. The SMILES string of the molecule is Cc1cc(C)n(-c2cccc(NC(=O)NC(C)c3ccc(C)o3)c2)n1. The molecule has 2 aromatic heterocycles. The van der Waals surface area contributed by atoms with E-state index in [0.29, 0.717) is 5.69 Å². The minimum Gasteiger partial charge on any atom is -0.464 e. The van der Waals surface area contributed by atoms with Gasteiger partial charge in [0.05, 0.1) is 17.4 Å². The summed E-state index contributed by atoms with van der Waals surface area (Å²) in [7, 11) is 0. The van der Waals surface area contributed by atoms with Gasteiger partial charge >= 0.3 is 6.03 Å². The zero-order valence-corrected chi connectivity index (χ0v) is 14.8. The van der Waals surface area contributed by atoms with Crippen molar-refractivity contribution in [1.82, 2.24) is 15.1 Å². The summed E-state index contributed by atoms with van der Waals surface area (Å²) in [5.74, 6) is 1.55. The number of furan rings is 1. The molecule has 2 amide bonds. The molecule has 1 atom stereocenters. The molecule has 130 valence electrons. The Kier molecular flexibility index (Phi) is 4.61. The summed E-state index contributed by atoms with van der Waals surface area (Å²) in [6, 6.07) is 12.8. The number of hydrogen-bond acceptors (Lipinski definition) is 3. The first kappa shape index (κ1) is 16.8. The van der Waals surface area contributed by atoms with E-state index in [9.17, 15) is 4.79 Å². The predicted octanol–water partition coefficient (Wildman–Crippen LogP) is 4.27. The molecule has 0 bridgehead atoms. The number of carbonyl (C=O) groups is 1. The van der Waals surface area contributed by atoms with Gasteiger partial charge in [-0.25, -0.2) is 9.48 Å². The van der Waals surface area contributed by atoms with Crippen LogP contribution in [0.2, 0.25) is 0 Å². The second-order valence-electron chi connectivity index (χ2n) is 6.16. The van der Waals surface area contributed by atoms with Gasteiger partial charge in [0.25, 0.3) is 0 Å². The Morgan fingerprint density at radius 3 is 2.60 bits per heavy atom. The third-order valence-electron chi connectivity index (χ3n) is 3.89.